The van der Waals surface area contributed by atoms with Crippen molar-refractivity contribution in [3.05, 3.63) is 46.8 Å². The lowest BCUT2D eigenvalue weighted by Gasteiger charge is -2.34. The highest BCUT2D eigenvalue weighted by atomic mass is 16.5. The van der Waals surface area contributed by atoms with Gasteiger partial charge in [-0.2, -0.15) is 0 Å². The molecule has 3 heterocycles. The molecule has 2 aromatic rings. The van der Waals surface area contributed by atoms with Gasteiger partial charge in [-0.05, 0) is 56.5 Å². The molecule has 7 nitrogen and oxygen atoms in total. The number of rotatable bonds is 4. The Morgan fingerprint density at radius 3 is 2.79 bits per heavy atom. The molecular weight excluding hydrogens is 354 g/mol. The summed E-state index contributed by atoms with van der Waals surface area (Å²) in [5.74, 6) is 0.449. The molecule has 1 saturated heterocycles. The predicted molar refractivity (Wildman–Crippen MR) is 107 cm³/mol. The Hall–Kier alpha value is -2.51. The van der Waals surface area contributed by atoms with Gasteiger partial charge < -0.3 is 15.4 Å². The molecule has 1 aromatic heterocycles. The van der Waals surface area contributed by atoms with E-state index >= 15 is 0 Å². The van der Waals surface area contributed by atoms with Gasteiger partial charge in [0.25, 0.3) is 0 Å². The van der Waals surface area contributed by atoms with Crippen LogP contribution in [-0.2, 0) is 22.6 Å². The van der Waals surface area contributed by atoms with E-state index in [0.717, 1.165) is 43.9 Å². The number of aryl methyl sites for hydroxylation is 2. The maximum atomic E-state index is 11.9. The van der Waals surface area contributed by atoms with Gasteiger partial charge in [-0.1, -0.05) is 6.07 Å². The van der Waals surface area contributed by atoms with E-state index in [1.54, 1.807) is 0 Å². The lowest BCUT2D eigenvalue weighted by atomic mass is 9.98. The molecule has 2 aliphatic heterocycles. The van der Waals surface area contributed by atoms with Gasteiger partial charge in [0.05, 0.1) is 12.8 Å². The van der Waals surface area contributed by atoms with Crippen molar-refractivity contribution in [1.29, 1.82) is 0 Å². The molecule has 28 heavy (non-hydrogen) atoms. The number of aromatic nitrogens is 2. The number of fused-ring (bicyclic) bond motifs is 1. The summed E-state index contributed by atoms with van der Waals surface area (Å²) in [6, 6.07) is 6.46. The number of anilines is 2. The Kier molecular flexibility index (Phi) is 5.28. The predicted octanol–water partition coefficient (Wildman–Crippen LogP) is 2.45. The minimum absolute atomic E-state index is 0.180. The number of benzene rings is 1. The SMILES string of the molecule is COC(=O)C1C[C@H](N2Cc3cnc(Nc4cc(C)cc(C)c4)nc3C2)CCN1. The van der Waals surface area contributed by atoms with Gasteiger partial charge in [0, 0.05) is 36.6 Å². The fraction of sp³-hybridized carbons (Fsp3) is 0.476. The molecule has 2 N–H and O–H groups in total. The number of hydrogen-bond donors (Lipinski definition) is 2. The third kappa shape index (κ3) is 4.00. The molecule has 0 aliphatic carbocycles. The van der Waals surface area contributed by atoms with Gasteiger partial charge in [-0.15, -0.1) is 0 Å². The number of carbonyl (C=O) groups excluding carboxylic acids is 1. The highest BCUT2D eigenvalue weighted by Gasteiger charge is 2.34. The average molecular weight is 381 g/mol. The number of nitrogens with one attached hydrogen (secondary N) is 2. The third-order valence-electron chi connectivity index (χ3n) is 5.54. The summed E-state index contributed by atoms with van der Waals surface area (Å²) in [7, 11) is 1.44. The van der Waals surface area contributed by atoms with Crippen molar-refractivity contribution < 1.29 is 9.53 Å². The Labute approximate surface area is 165 Å². The molecule has 2 atom stereocenters. The van der Waals surface area contributed by atoms with Crippen LogP contribution in [0.15, 0.2) is 24.4 Å². The van der Waals surface area contributed by atoms with E-state index in [0.29, 0.717) is 12.0 Å². The smallest absolute Gasteiger partial charge is 0.322 e. The Balaban J connectivity index is 1.44. The van der Waals surface area contributed by atoms with E-state index < -0.39 is 0 Å². The third-order valence-corrected chi connectivity index (χ3v) is 5.54. The first-order chi connectivity index (χ1) is 13.5. The second kappa shape index (κ2) is 7.85. The Bertz CT molecular complexity index is 865. The van der Waals surface area contributed by atoms with Gasteiger partial charge in [-0.3, -0.25) is 9.69 Å². The quantitative estimate of drug-likeness (QED) is 0.788. The van der Waals surface area contributed by atoms with Crippen molar-refractivity contribution in [3.8, 4) is 0 Å². The lowest BCUT2D eigenvalue weighted by molar-refractivity contribution is -0.144. The van der Waals surface area contributed by atoms with Crippen LogP contribution in [0.4, 0.5) is 11.6 Å². The van der Waals surface area contributed by atoms with Crippen LogP contribution < -0.4 is 10.6 Å². The molecule has 2 aliphatic rings. The maximum absolute atomic E-state index is 11.9. The molecule has 0 bridgehead atoms. The molecule has 148 valence electrons. The highest BCUT2D eigenvalue weighted by molar-refractivity contribution is 5.75. The fourth-order valence-electron chi connectivity index (χ4n) is 4.22. The monoisotopic (exact) mass is 381 g/mol. The zero-order valence-electron chi connectivity index (χ0n) is 16.7. The Morgan fingerprint density at radius 2 is 2.04 bits per heavy atom. The summed E-state index contributed by atoms with van der Waals surface area (Å²) < 4.78 is 4.90. The first-order valence-electron chi connectivity index (χ1n) is 9.77. The first-order valence-corrected chi connectivity index (χ1v) is 9.77. The Morgan fingerprint density at radius 1 is 1.25 bits per heavy atom. The van der Waals surface area contributed by atoms with E-state index in [1.165, 1.54) is 23.8 Å². The first kappa shape index (κ1) is 18.8. The van der Waals surface area contributed by atoms with Crippen LogP contribution in [0, 0.1) is 13.8 Å². The zero-order valence-corrected chi connectivity index (χ0v) is 16.7. The molecule has 1 unspecified atom stereocenters. The van der Waals surface area contributed by atoms with Crippen LogP contribution in [0.5, 0.6) is 0 Å². The van der Waals surface area contributed by atoms with Crippen molar-refractivity contribution in [1.82, 2.24) is 20.2 Å². The van der Waals surface area contributed by atoms with Crippen LogP contribution in [0.25, 0.3) is 0 Å². The van der Waals surface area contributed by atoms with Gasteiger partial charge in [0.2, 0.25) is 5.95 Å². The molecule has 4 rings (SSSR count). The largest absolute Gasteiger partial charge is 0.468 e. The summed E-state index contributed by atoms with van der Waals surface area (Å²) in [5, 5.41) is 6.58. The van der Waals surface area contributed by atoms with E-state index in [2.05, 4.69) is 52.6 Å². The summed E-state index contributed by atoms with van der Waals surface area (Å²) >= 11 is 0. The molecular formula is C21H27N5O2. The normalized spacial score (nSPS) is 22.0. The summed E-state index contributed by atoms with van der Waals surface area (Å²) in [4.78, 5) is 23.5. The lowest BCUT2D eigenvalue weighted by Crippen LogP contribution is -2.50. The number of hydrogen-bond acceptors (Lipinski definition) is 7. The summed E-state index contributed by atoms with van der Waals surface area (Å²) in [6.45, 7) is 6.61. The van der Waals surface area contributed by atoms with Crippen molar-refractivity contribution in [2.75, 3.05) is 19.0 Å². The van der Waals surface area contributed by atoms with Gasteiger partial charge >= 0.3 is 5.97 Å². The van der Waals surface area contributed by atoms with Crippen LogP contribution in [0.2, 0.25) is 0 Å². The number of methoxy groups -OCH3 is 1. The number of carbonyl (C=O) groups is 1. The summed E-state index contributed by atoms with van der Waals surface area (Å²) in [5.41, 5.74) is 5.66. The number of nitrogens with zero attached hydrogens (tertiary/aromatic N) is 3. The molecule has 1 fully saturated rings. The number of piperidine rings is 1. The average Bonchev–Trinajstić information content (AvgIpc) is 3.10. The van der Waals surface area contributed by atoms with Crippen LogP contribution in [0.1, 0.15) is 35.2 Å². The van der Waals surface area contributed by atoms with Gasteiger partial charge in [-0.25, -0.2) is 9.97 Å². The van der Waals surface area contributed by atoms with Crippen LogP contribution in [-0.4, -0.2) is 46.6 Å². The number of esters is 1. The van der Waals surface area contributed by atoms with Crippen molar-refractivity contribution >= 4 is 17.6 Å². The fourth-order valence-corrected chi connectivity index (χ4v) is 4.22. The molecule has 1 aromatic carbocycles. The molecule has 0 saturated carbocycles. The van der Waals surface area contributed by atoms with E-state index in [1.807, 2.05) is 6.20 Å². The van der Waals surface area contributed by atoms with Crippen molar-refractivity contribution in [3.63, 3.8) is 0 Å². The minimum Gasteiger partial charge on any atom is -0.468 e. The van der Waals surface area contributed by atoms with Gasteiger partial charge in [0.1, 0.15) is 6.04 Å². The van der Waals surface area contributed by atoms with Gasteiger partial charge in [0.15, 0.2) is 0 Å². The number of ether oxygens (including phenoxy) is 1. The molecule has 0 amide bonds. The second-order valence-electron chi connectivity index (χ2n) is 7.78. The second-order valence-corrected chi connectivity index (χ2v) is 7.78. The van der Waals surface area contributed by atoms with Crippen molar-refractivity contribution in [2.24, 2.45) is 0 Å². The van der Waals surface area contributed by atoms with Crippen LogP contribution >= 0.6 is 0 Å². The molecule has 0 radical (unpaired) electrons. The van der Waals surface area contributed by atoms with Crippen LogP contribution in [0.3, 0.4) is 0 Å². The zero-order chi connectivity index (χ0) is 19.7. The minimum atomic E-state index is -0.222. The van der Waals surface area contributed by atoms with E-state index in [4.69, 9.17) is 9.72 Å². The molecule has 0 spiro atoms. The maximum Gasteiger partial charge on any atom is 0.322 e. The topological polar surface area (TPSA) is 79.4 Å². The standard InChI is InChI=1S/C21H27N5O2/c1-13-6-14(2)8-16(7-13)24-21-23-10-15-11-26(12-19(15)25-21)17-4-5-22-18(9-17)20(27)28-3/h6-8,10,17-18,22H,4-5,9,11-12H2,1-3H3,(H,23,24,25)/t17-,18?/m1/s1. The highest BCUT2D eigenvalue weighted by Crippen LogP contribution is 2.28. The van der Waals surface area contributed by atoms with Crippen molar-refractivity contribution in [2.45, 2.75) is 51.9 Å². The molecule has 7 heteroatoms. The summed E-state index contributed by atoms with van der Waals surface area (Å²) in [6.07, 6.45) is 3.70. The van der Waals surface area contributed by atoms with E-state index in [9.17, 15) is 4.79 Å². The van der Waals surface area contributed by atoms with E-state index in [-0.39, 0.29) is 12.0 Å².